The summed E-state index contributed by atoms with van der Waals surface area (Å²) < 4.78 is 4.60. The molecule has 0 fully saturated rings. The molecule has 0 aromatic carbocycles. The lowest BCUT2D eigenvalue weighted by Gasteiger charge is -2.17. The SMILES string of the molecule is CCOC(=O)CNC(=O)CC(C)(C)C(=O)O. The van der Waals surface area contributed by atoms with Crippen LogP contribution in [-0.4, -0.2) is 36.1 Å². The summed E-state index contributed by atoms with van der Waals surface area (Å²) in [7, 11) is 0. The first-order valence-electron chi connectivity index (χ1n) is 4.95. The van der Waals surface area contributed by atoms with Gasteiger partial charge in [0.05, 0.1) is 12.0 Å². The number of aliphatic carboxylic acids is 1. The predicted molar refractivity (Wildman–Crippen MR) is 55.7 cm³/mol. The quantitative estimate of drug-likeness (QED) is 0.635. The van der Waals surface area contributed by atoms with Crippen LogP contribution >= 0.6 is 0 Å². The molecule has 0 radical (unpaired) electrons. The molecule has 92 valence electrons. The van der Waals surface area contributed by atoms with Gasteiger partial charge in [0.1, 0.15) is 6.54 Å². The molecule has 6 heteroatoms. The van der Waals surface area contributed by atoms with Gasteiger partial charge in [-0.25, -0.2) is 0 Å². The van der Waals surface area contributed by atoms with Crippen LogP contribution in [0.25, 0.3) is 0 Å². The molecule has 2 N–H and O–H groups in total. The van der Waals surface area contributed by atoms with Crippen molar-refractivity contribution in [2.75, 3.05) is 13.2 Å². The Morgan fingerprint density at radius 3 is 2.31 bits per heavy atom. The first-order valence-corrected chi connectivity index (χ1v) is 4.95. The largest absolute Gasteiger partial charge is 0.481 e. The second-order valence-corrected chi connectivity index (χ2v) is 3.95. The van der Waals surface area contributed by atoms with E-state index in [1.807, 2.05) is 0 Å². The minimum atomic E-state index is -1.14. The second-order valence-electron chi connectivity index (χ2n) is 3.95. The number of carbonyl (C=O) groups is 3. The van der Waals surface area contributed by atoms with Crippen LogP contribution in [-0.2, 0) is 19.1 Å². The van der Waals surface area contributed by atoms with E-state index in [0.717, 1.165) is 0 Å². The Morgan fingerprint density at radius 1 is 1.31 bits per heavy atom. The van der Waals surface area contributed by atoms with E-state index in [1.165, 1.54) is 13.8 Å². The molecule has 0 spiro atoms. The minimum absolute atomic E-state index is 0.179. The number of carbonyl (C=O) groups excluding carboxylic acids is 2. The monoisotopic (exact) mass is 231 g/mol. The van der Waals surface area contributed by atoms with Crippen LogP contribution in [0.3, 0.4) is 0 Å². The number of hydrogen-bond donors (Lipinski definition) is 2. The lowest BCUT2D eigenvalue weighted by Crippen LogP contribution is -2.36. The van der Waals surface area contributed by atoms with E-state index in [9.17, 15) is 14.4 Å². The molecule has 16 heavy (non-hydrogen) atoms. The number of rotatable bonds is 6. The predicted octanol–water partition coefficient (Wildman–Crippen LogP) is 0.167. The van der Waals surface area contributed by atoms with Crippen LogP contribution in [0.4, 0.5) is 0 Å². The summed E-state index contributed by atoms with van der Waals surface area (Å²) in [4.78, 5) is 32.9. The number of esters is 1. The van der Waals surface area contributed by atoms with Crippen LogP contribution in [0.2, 0.25) is 0 Å². The van der Waals surface area contributed by atoms with Crippen molar-refractivity contribution in [2.24, 2.45) is 5.41 Å². The van der Waals surface area contributed by atoms with Gasteiger partial charge in [-0.2, -0.15) is 0 Å². The van der Waals surface area contributed by atoms with Gasteiger partial charge in [0.15, 0.2) is 0 Å². The molecule has 0 aliphatic heterocycles. The Labute approximate surface area is 94.0 Å². The van der Waals surface area contributed by atoms with E-state index < -0.39 is 23.3 Å². The number of amides is 1. The fourth-order valence-electron chi connectivity index (χ4n) is 0.922. The van der Waals surface area contributed by atoms with Crippen molar-refractivity contribution in [1.82, 2.24) is 5.32 Å². The van der Waals surface area contributed by atoms with E-state index in [4.69, 9.17) is 5.11 Å². The summed E-state index contributed by atoms with van der Waals surface area (Å²) in [6, 6.07) is 0. The summed E-state index contributed by atoms with van der Waals surface area (Å²) in [5, 5.41) is 11.1. The molecule has 0 saturated carbocycles. The van der Waals surface area contributed by atoms with E-state index in [0.29, 0.717) is 0 Å². The molecule has 0 bridgehead atoms. The van der Waals surface area contributed by atoms with Crippen molar-refractivity contribution in [2.45, 2.75) is 27.2 Å². The van der Waals surface area contributed by atoms with E-state index >= 15 is 0 Å². The molecule has 0 unspecified atom stereocenters. The zero-order valence-corrected chi connectivity index (χ0v) is 9.70. The molecule has 1 amide bonds. The molecule has 0 atom stereocenters. The van der Waals surface area contributed by atoms with Gasteiger partial charge in [-0.05, 0) is 20.8 Å². The number of hydrogen-bond acceptors (Lipinski definition) is 4. The molecule has 0 aliphatic rings. The van der Waals surface area contributed by atoms with E-state index in [1.54, 1.807) is 6.92 Å². The fraction of sp³-hybridized carbons (Fsp3) is 0.700. The Balaban J connectivity index is 4.01. The average molecular weight is 231 g/mol. The first kappa shape index (κ1) is 14.4. The van der Waals surface area contributed by atoms with Crippen LogP contribution in [0.1, 0.15) is 27.2 Å². The lowest BCUT2D eigenvalue weighted by molar-refractivity contribution is -0.149. The van der Waals surface area contributed by atoms with Gasteiger partial charge in [-0.1, -0.05) is 0 Å². The third-order valence-electron chi connectivity index (χ3n) is 1.92. The number of nitrogens with one attached hydrogen (secondary N) is 1. The normalized spacial score (nSPS) is 10.7. The second kappa shape index (κ2) is 6.09. The smallest absolute Gasteiger partial charge is 0.325 e. The van der Waals surface area contributed by atoms with Crippen LogP contribution < -0.4 is 5.32 Å². The summed E-state index contributed by atoms with van der Waals surface area (Å²) in [6.45, 7) is 4.56. The summed E-state index contributed by atoms with van der Waals surface area (Å²) >= 11 is 0. The van der Waals surface area contributed by atoms with Gasteiger partial charge >= 0.3 is 11.9 Å². The van der Waals surface area contributed by atoms with E-state index in [-0.39, 0.29) is 19.6 Å². The lowest BCUT2D eigenvalue weighted by atomic mass is 9.89. The standard InChI is InChI=1S/C10H17NO5/c1-4-16-8(13)6-11-7(12)5-10(2,3)9(14)15/h4-6H2,1-3H3,(H,11,12)(H,14,15). The van der Waals surface area contributed by atoms with Crippen LogP contribution in [0, 0.1) is 5.41 Å². The van der Waals surface area contributed by atoms with Crippen molar-refractivity contribution in [1.29, 1.82) is 0 Å². The maximum absolute atomic E-state index is 11.3. The van der Waals surface area contributed by atoms with Crippen molar-refractivity contribution in [3.8, 4) is 0 Å². The number of carboxylic acids is 1. The third kappa shape index (κ3) is 5.33. The Morgan fingerprint density at radius 2 is 1.88 bits per heavy atom. The Bertz CT molecular complexity index is 285. The zero-order chi connectivity index (χ0) is 12.8. The fourth-order valence-corrected chi connectivity index (χ4v) is 0.922. The molecule has 0 aromatic heterocycles. The zero-order valence-electron chi connectivity index (χ0n) is 9.70. The Hall–Kier alpha value is -1.59. The van der Waals surface area contributed by atoms with Crippen LogP contribution in [0.5, 0.6) is 0 Å². The Kier molecular flexibility index (Phi) is 5.49. The first-order chi connectivity index (χ1) is 7.29. The molecule has 6 nitrogen and oxygen atoms in total. The highest BCUT2D eigenvalue weighted by Gasteiger charge is 2.30. The number of carboxylic acid groups (broad SMARTS) is 1. The molecular formula is C10H17NO5. The highest BCUT2D eigenvalue weighted by Crippen LogP contribution is 2.19. The maximum atomic E-state index is 11.3. The summed E-state index contributed by atoms with van der Waals surface area (Å²) in [5.41, 5.74) is -1.14. The van der Waals surface area contributed by atoms with Gasteiger partial charge in [0.25, 0.3) is 0 Å². The van der Waals surface area contributed by atoms with Gasteiger partial charge in [-0.3, -0.25) is 14.4 Å². The molecule has 0 saturated heterocycles. The summed E-state index contributed by atoms with van der Waals surface area (Å²) in [5.74, 6) is -2.08. The average Bonchev–Trinajstić information content (AvgIpc) is 2.14. The third-order valence-corrected chi connectivity index (χ3v) is 1.92. The summed E-state index contributed by atoms with van der Waals surface area (Å²) in [6.07, 6.45) is -0.179. The van der Waals surface area contributed by atoms with Crippen LogP contribution in [0.15, 0.2) is 0 Å². The highest BCUT2D eigenvalue weighted by molar-refractivity contribution is 5.86. The van der Waals surface area contributed by atoms with Gasteiger partial charge in [-0.15, -0.1) is 0 Å². The highest BCUT2D eigenvalue weighted by atomic mass is 16.5. The minimum Gasteiger partial charge on any atom is -0.481 e. The number of ether oxygens (including phenoxy) is 1. The molecule has 0 aromatic rings. The topological polar surface area (TPSA) is 92.7 Å². The molecule has 0 rings (SSSR count). The van der Waals surface area contributed by atoms with E-state index in [2.05, 4.69) is 10.1 Å². The maximum Gasteiger partial charge on any atom is 0.325 e. The molecule has 0 heterocycles. The molecule has 0 aliphatic carbocycles. The van der Waals surface area contributed by atoms with Crippen molar-refractivity contribution in [3.05, 3.63) is 0 Å². The van der Waals surface area contributed by atoms with Crippen molar-refractivity contribution >= 4 is 17.8 Å². The molecular weight excluding hydrogens is 214 g/mol. The van der Waals surface area contributed by atoms with Crippen molar-refractivity contribution in [3.63, 3.8) is 0 Å². The van der Waals surface area contributed by atoms with Crippen molar-refractivity contribution < 1.29 is 24.2 Å². The van der Waals surface area contributed by atoms with Gasteiger partial charge in [0, 0.05) is 6.42 Å². The van der Waals surface area contributed by atoms with Gasteiger partial charge in [0.2, 0.25) is 5.91 Å². The van der Waals surface area contributed by atoms with Gasteiger partial charge < -0.3 is 15.2 Å².